The highest BCUT2D eigenvalue weighted by molar-refractivity contribution is 9.10. The molecule has 3 nitrogen and oxygen atoms in total. The van der Waals surface area contributed by atoms with E-state index < -0.39 is 11.0 Å². The highest BCUT2D eigenvalue weighted by Crippen LogP contribution is 2.42. The Morgan fingerprint density at radius 3 is 2.68 bits per heavy atom. The third-order valence-corrected chi connectivity index (χ3v) is 4.29. The minimum absolute atomic E-state index is 0.281. The molecule has 0 spiro atoms. The van der Waals surface area contributed by atoms with E-state index >= 15 is 0 Å². The van der Waals surface area contributed by atoms with Crippen LogP contribution in [0.2, 0.25) is 0 Å². The van der Waals surface area contributed by atoms with Gasteiger partial charge >= 0.3 is 0 Å². The van der Waals surface area contributed by atoms with Gasteiger partial charge in [-0.2, -0.15) is 5.26 Å². The standard InChI is InChI=1S/C14H15BrFN3/c1-13(8-17)5-6-14(2,19-12(13)18)10-7-9(15)3-4-11(10)16/h3-4,7H,5-6H2,1-2H3,(H2,18,19)/t13-,14-/m0/s1. The molecule has 0 saturated carbocycles. The van der Waals surface area contributed by atoms with Gasteiger partial charge in [0.1, 0.15) is 17.1 Å². The topological polar surface area (TPSA) is 62.2 Å². The minimum Gasteiger partial charge on any atom is -0.386 e. The Balaban J connectivity index is 2.52. The van der Waals surface area contributed by atoms with Gasteiger partial charge in [-0.15, -0.1) is 0 Å². The van der Waals surface area contributed by atoms with Crippen LogP contribution in [0.4, 0.5) is 4.39 Å². The Bertz CT molecular complexity index is 593. The normalized spacial score (nSPS) is 30.6. The van der Waals surface area contributed by atoms with Gasteiger partial charge < -0.3 is 5.73 Å². The predicted octanol–water partition coefficient (Wildman–Crippen LogP) is 3.48. The minimum atomic E-state index is -0.748. The first-order valence-corrected chi connectivity index (χ1v) is 6.83. The van der Waals surface area contributed by atoms with Crippen molar-refractivity contribution in [2.24, 2.45) is 16.1 Å². The fraction of sp³-hybridized carbons (Fsp3) is 0.429. The molecule has 1 aromatic rings. The zero-order chi connectivity index (χ0) is 14.3. The molecule has 100 valence electrons. The van der Waals surface area contributed by atoms with Gasteiger partial charge in [0.25, 0.3) is 0 Å². The summed E-state index contributed by atoms with van der Waals surface area (Å²) in [6, 6.07) is 6.97. The second kappa shape index (κ2) is 4.61. The molecule has 0 aliphatic carbocycles. The Morgan fingerprint density at radius 1 is 1.42 bits per heavy atom. The molecule has 0 aromatic heterocycles. The molecular weight excluding hydrogens is 309 g/mol. The fourth-order valence-corrected chi connectivity index (χ4v) is 2.65. The summed E-state index contributed by atoms with van der Waals surface area (Å²) in [5.74, 6) is -0.0223. The molecule has 0 fully saturated rings. The van der Waals surface area contributed by atoms with E-state index in [0.29, 0.717) is 18.4 Å². The lowest BCUT2D eigenvalue weighted by Crippen LogP contribution is -2.42. The molecule has 2 atom stereocenters. The zero-order valence-electron chi connectivity index (χ0n) is 10.9. The molecule has 1 aliphatic heterocycles. The SMILES string of the molecule is C[C@@]1(C#N)CC[C@@](C)(c2cc(Br)ccc2F)N=C1N. The van der Waals surface area contributed by atoms with E-state index in [0.717, 1.165) is 4.47 Å². The first-order valence-electron chi connectivity index (χ1n) is 6.03. The summed E-state index contributed by atoms with van der Waals surface area (Å²) in [7, 11) is 0. The van der Waals surface area contributed by atoms with Crippen molar-refractivity contribution in [1.82, 2.24) is 0 Å². The molecule has 0 unspecified atom stereocenters. The number of hydrogen-bond acceptors (Lipinski definition) is 3. The Kier molecular flexibility index (Phi) is 3.40. The van der Waals surface area contributed by atoms with Gasteiger partial charge in [-0.1, -0.05) is 15.9 Å². The summed E-state index contributed by atoms with van der Waals surface area (Å²) in [4.78, 5) is 4.42. The third kappa shape index (κ3) is 2.37. The number of benzene rings is 1. The smallest absolute Gasteiger partial charge is 0.128 e. The first kappa shape index (κ1) is 14.0. The number of nitrogens with two attached hydrogens (primary N) is 1. The Morgan fingerprint density at radius 2 is 2.11 bits per heavy atom. The van der Waals surface area contributed by atoms with E-state index in [1.54, 1.807) is 19.1 Å². The summed E-state index contributed by atoms with van der Waals surface area (Å²) >= 11 is 3.34. The van der Waals surface area contributed by atoms with Gasteiger partial charge in [-0.3, -0.25) is 4.99 Å². The molecule has 0 amide bonds. The highest BCUT2D eigenvalue weighted by Gasteiger charge is 2.41. The summed E-state index contributed by atoms with van der Waals surface area (Å²) in [5.41, 5.74) is 4.96. The lowest BCUT2D eigenvalue weighted by Gasteiger charge is -2.36. The van der Waals surface area contributed by atoms with Crippen LogP contribution in [-0.4, -0.2) is 5.84 Å². The summed E-state index contributed by atoms with van der Waals surface area (Å²) in [6.07, 6.45) is 1.16. The predicted molar refractivity (Wildman–Crippen MR) is 76.0 cm³/mol. The van der Waals surface area contributed by atoms with Crippen molar-refractivity contribution in [2.45, 2.75) is 32.2 Å². The summed E-state index contributed by atoms with van der Waals surface area (Å²) in [5, 5.41) is 9.17. The van der Waals surface area contributed by atoms with E-state index in [2.05, 4.69) is 27.0 Å². The van der Waals surface area contributed by atoms with Crippen LogP contribution in [0.5, 0.6) is 0 Å². The van der Waals surface area contributed by atoms with E-state index in [9.17, 15) is 4.39 Å². The molecule has 19 heavy (non-hydrogen) atoms. The lowest BCUT2D eigenvalue weighted by atomic mass is 9.75. The van der Waals surface area contributed by atoms with Crippen LogP contribution in [0.3, 0.4) is 0 Å². The van der Waals surface area contributed by atoms with Crippen LogP contribution in [0.15, 0.2) is 27.7 Å². The van der Waals surface area contributed by atoms with Gasteiger partial charge in [-0.05, 0) is 44.9 Å². The molecule has 0 radical (unpaired) electrons. The van der Waals surface area contributed by atoms with Crippen LogP contribution in [0.25, 0.3) is 0 Å². The van der Waals surface area contributed by atoms with Crippen LogP contribution < -0.4 is 5.73 Å². The summed E-state index contributed by atoms with van der Waals surface area (Å²) in [6.45, 7) is 3.62. The fourth-order valence-electron chi connectivity index (χ4n) is 2.28. The number of amidine groups is 1. The van der Waals surface area contributed by atoms with Crippen molar-refractivity contribution in [3.8, 4) is 6.07 Å². The number of aliphatic imine (C=N–C) groups is 1. The quantitative estimate of drug-likeness (QED) is 0.859. The maximum Gasteiger partial charge on any atom is 0.128 e. The molecule has 1 aliphatic rings. The first-order chi connectivity index (χ1) is 8.81. The second-order valence-corrected chi connectivity index (χ2v) is 6.25. The van der Waals surface area contributed by atoms with E-state index in [-0.39, 0.29) is 11.7 Å². The number of halogens is 2. The number of rotatable bonds is 1. The third-order valence-electron chi connectivity index (χ3n) is 3.80. The van der Waals surface area contributed by atoms with E-state index in [1.807, 2.05) is 6.92 Å². The van der Waals surface area contributed by atoms with Gasteiger partial charge in [-0.25, -0.2) is 4.39 Å². The van der Waals surface area contributed by atoms with Gasteiger partial charge in [0, 0.05) is 10.0 Å². The molecule has 0 saturated heterocycles. The van der Waals surface area contributed by atoms with Crippen LogP contribution >= 0.6 is 15.9 Å². The van der Waals surface area contributed by atoms with E-state index in [1.165, 1.54) is 6.07 Å². The number of nitriles is 1. The molecule has 0 bridgehead atoms. The van der Waals surface area contributed by atoms with Crippen molar-refractivity contribution >= 4 is 21.8 Å². The average molecular weight is 324 g/mol. The van der Waals surface area contributed by atoms with Crippen LogP contribution in [0.1, 0.15) is 32.3 Å². The van der Waals surface area contributed by atoms with Gasteiger partial charge in [0.15, 0.2) is 0 Å². The van der Waals surface area contributed by atoms with Crippen molar-refractivity contribution in [3.05, 3.63) is 34.1 Å². The van der Waals surface area contributed by atoms with Crippen molar-refractivity contribution in [1.29, 1.82) is 5.26 Å². The van der Waals surface area contributed by atoms with Crippen LogP contribution in [-0.2, 0) is 5.54 Å². The maximum absolute atomic E-state index is 14.0. The van der Waals surface area contributed by atoms with E-state index in [4.69, 9.17) is 11.0 Å². The molecule has 1 aromatic carbocycles. The Labute approximate surface area is 120 Å². The highest BCUT2D eigenvalue weighted by atomic mass is 79.9. The lowest BCUT2D eigenvalue weighted by molar-refractivity contribution is 0.342. The molecule has 2 rings (SSSR count). The number of nitrogens with zero attached hydrogens (tertiary/aromatic N) is 2. The maximum atomic E-state index is 14.0. The van der Waals surface area contributed by atoms with Crippen molar-refractivity contribution in [3.63, 3.8) is 0 Å². The van der Waals surface area contributed by atoms with Crippen molar-refractivity contribution < 1.29 is 4.39 Å². The molecule has 5 heteroatoms. The average Bonchev–Trinajstić information content (AvgIpc) is 2.37. The number of hydrogen-bond donors (Lipinski definition) is 1. The largest absolute Gasteiger partial charge is 0.386 e. The summed E-state index contributed by atoms with van der Waals surface area (Å²) < 4.78 is 14.8. The molecule has 2 N–H and O–H groups in total. The monoisotopic (exact) mass is 323 g/mol. The second-order valence-electron chi connectivity index (χ2n) is 5.34. The zero-order valence-corrected chi connectivity index (χ0v) is 12.5. The van der Waals surface area contributed by atoms with Gasteiger partial charge in [0.2, 0.25) is 0 Å². The van der Waals surface area contributed by atoms with Gasteiger partial charge in [0.05, 0.1) is 11.6 Å². The molecule has 1 heterocycles. The van der Waals surface area contributed by atoms with Crippen LogP contribution in [0, 0.1) is 22.6 Å². The Hall–Kier alpha value is -1.41. The molecular formula is C14H15BrFN3. The van der Waals surface area contributed by atoms with Crippen molar-refractivity contribution in [2.75, 3.05) is 0 Å².